The van der Waals surface area contributed by atoms with E-state index in [0.29, 0.717) is 34.5 Å². The molecule has 2 aromatic rings. The highest BCUT2D eigenvalue weighted by Gasteiger charge is 2.31. The number of aliphatic hydroxyl groups is 2. The van der Waals surface area contributed by atoms with E-state index < -0.39 is 17.8 Å². The Morgan fingerprint density at radius 3 is 2.44 bits per heavy atom. The fourth-order valence-corrected chi connectivity index (χ4v) is 4.23. The average molecular weight is 448 g/mol. The van der Waals surface area contributed by atoms with Gasteiger partial charge in [-0.05, 0) is 53.0 Å². The topological polar surface area (TPSA) is 109 Å². The third-order valence-electron chi connectivity index (χ3n) is 5.81. The van der Waals surface area contributed by atoms with Crippen LogP contribution in [-0.2, 0) is 17.6 Å². The van der Waals surface area contributed by atoms with Gasteiger partial charge in [0.2, 0.25) is 5.91 Å². The molecule has 0 saturated carbocycles. The maximum atomic E-state index is 13.0. The van der Waals surface area contributed by atoms with E-state index in [0.717, 1.165) is 12.0 Å². The molecular weight excluding hydrogens is 414 g/mol. The Labute approximate surface area is 187 Å². The van der Waals surface area contributed by atoms with Crippen LogP contribution in [-0.4, -0.2) is 59.0 Å². The zero-order valence-electron chi connectivity index (χ0n) is 19.7. The van der Waals surface area contributed by atoms with Crippen LogP contribution in [0.25, 0.3) is 11.0 Å². The zero-order valence-corrected chi connectivity index (χ0v) is 19.7. The Balaban J connectivity index is 2.08. The first-order valence-electron chi connectivity index (χ1n) is 10.9. The summed E-state index contributed by atoms with van der Waals surface area (Å²) in [4.78, 5) is 27.3. The molecule has 32 heavy (non-hydrogen) atoms. The van der Waals surface area contributed by atoms with Crippen LogP contribution in [0.2, 0.25) is 0 Å². The van der Waals surface area contributed by atoms with Crippen LogP contribution in [0.3, 0.4) is 0 Å². The van der Waals surface area contributed by atoms with Gasteiger partial charge in [-0.25, -0.2) is 4.79 Å². The number of benzene rings is 1. The van der Waals surface area contributed by atoms with Crippen molar-refractivity contribution in [1.82, 2.24) is 4.90 Å². The lowest BCUT2D eigenvalue weighted by atomic mass is 9.91. The molecule has 0 aliphatic carbocycles. The quantitative estimate of drug-likeness (QED) is 0.627. The molecule has 1 aromatic heterocycles. The van der Waals surface area contributed by atoms with Crippen molar-refractivity contribution in [2.45, 2.75) is 71.7 Å². The molecule has 0 saturated heterocycles. The van der Waals surface area contributed by atoms with Crippen molar-refractivity contribution in [3.05, 3.63) is 33.2 Å². The lowest BCUT2D eigenvalue weighted by Gasteiger charge is -2.33. The van der Waals surface area contributed by atoms with Crippen molar-refractivity contribution in [2.75, 3.05) is 20.2 Å². The van der Waals surface area contributed by atoms with Crippen molar-refractivity contribution in [2.24, 2.45) is 0 Å². The first kappa shape index (κ1) is 24.1. The summed E-state index contributed by atoms with van der Waals surface area (Å²) in [6.45, 7) is 9.05. The van der Waals surface area contributed by atoms with Crippen LogP contribution in [0.15, 0.2) is 15.3 Å². The fraction of sp³-hybridized carbons (Fsp3) is 0.583. The van der Waals surface area contributed by atoms with Crippen molar-refractivity contribution < 1.29 is 28.9 Å². The molecule has 176 valence electrons. The van der Waals surface area contributed by atoms with Crippen LogP contribution in [0, 0.1) is 6.92 Å². The van der Waals surface area contributed by atoms with E-state index in [1.807, 2.05) is 19.9 Å². The van der Waals surface area contributed by atoms with Crippen LogP contribution in [0.4, 0.5) is 0 Å². The highest BCUT2D eigenvalue weighted by Crippen LogP contribution is 2.43. The normalized spacial score (nSPS) is 16.8. The molecule has 1 aromatic carbocycles. The van der Waals surface area contributed by atoms with Crippen LogP contribution in [0.5, 0.6) is 11.5 Å². The molecule has 0 fully saturated rings. The van der Waals surface area contributed by atoms with Crippen molar-refractivity contribution >= 4 is 16.9 Å². The third-order valence-corrected chi connectivity index (χ3v) is 5.81. The van der Waals surface area contributed by atoms with Gasteiger partial charge in [0.05, 0.1) is 36.7 Å². The molecular formula is C24H33NO7. The minimum Gasteiger partial charge on any atom is -0.496 e. The molecule has 0 unspecified atom stereocenters. The number of aryl methyl sites for hydroxylation is 2. The Bertz CT molecular complexity index is 1060. The number of fused-ring (bicyclic) bond motifs is 3. The third kappa shape index (κ3) is 4.91. The number of hydrogen-bond acceptors (Lipinski definition) is 7. The number of hydrogen-bond donors (Lipinski definition) is 2. The number of methoxy groups -OCH3 is 1. The van der Waals surface area contributed by atoms with Gasteiger partial charge in [-0.2, -0.15) is 0 Å². The zero-order chi connectivity index (χ0) is 23.8. The number of nitrogens with zero attached hydrogens (tertiary/aromatic N) is 1. The first-order valence-corrected chi connectivity index (χ1v) is 10.9. The standard InChI is InChI=1S/C24H33NO7/c1-13(26)11-25(12-14(2)27)20(28)9-17-15(3)21-19(30-6)10-18-16(22(21)31-23(17)29)7-8-24(4,5)32-18/h10,13-14,26-27H,7-9,11-12H2,1-6H3/t13-,14+. The van der Waals surface area contributed by atoms with Gasteiger partial charge in [0.1, 0.15) is 22.7 Å². The Morgan fingerprint density at radius 1 is 1.25 bits per heavy atom. The molecule has 3 rings (SSSR count). The molecule has 8 nitrogen and oxygen atoms in total. The van der Waals surface area contributed by atoms with E-state index in [2.05, 4.69) is 0 Å². The Kier molecular flexibility index (Phi) is 6.86. The number of aliphatic hydroxyl groups excluding tert-OH is 2. The van der Waals surface area contributed by atoms with Gasteiger partial charge in [-0.1, -0.05) is 0 Å². The lowest BCUT2D eigenvalue weighted by Crippen LogP contribution is -2.42. The van der Waals surface area contributed by atoms with E-state index in [1.165, 1.54) is 12.0 Å². The van der Waals surface area contributed by atoms with Crippen molar-refractivity contribution in [1.29, 1.82) is 0 Å². The first-order chi connectivity index (χ1) is 14.9. The summed E-state index contributed by atoms with van der Waals surface area (Å²) >= 11 is 0. The van der Waals surface area contributed by atoms with E-state index >= 15 is 0 Å². The van der Waals surface area contributed by atoms with Gasteiger partial charge < -0.3 is 29.0 Å². The summed E-state index contributed by atoms with van der Waals surface area (Å²) in [5, 5.41) is 20.1. The number of ether oxygens (including phenoxy) is 2. The number of amides is 1. The summed E-state index contributed by atoms with van der Waals surface area (Å²) in [6.07, 6.45) is -0.254. The highest BCUT2D eigenvalue weighted by atomic mass is 16.5. The predicted molar refractivity (Wildman–Crippen MR) is 120 cm³/mol. The van der Waals surface area contributed by atoms with Gasteiger partial charge in [-0.3, -0.25) is 4.79 Å². The summed E-state index contributed by atoms with van der Waals surface area (Å²) in [5.41, 5.74) is 1.19. The number of rotatable bonds is 7. The molecule has 2 atom stereocenters. The van der Waals surface area contributed by atoms with Gasteiger partial charge >= 0.3 is 5.63 Å². The Hall–Kier alpha value is -2.58. The lowest BCUT2D eigenvalue weighted by molar-refractivity contribution is -0.133. The summed E-state index contributed by atoms with van der Waals surface area (Å²) < 4.78 is 17.4. The predicted octanol–water partition coefficient (Wildman–Crippen LogP) is 2.35. The molecule has 0 spiro atoms. The maximum absolute atomic E-state index is 13.0. The molecule has 0 radical (unpaired) electrons. The van der Waals surface area contributed by atoms with Crippen molar-refractivity contribution in [3.8, 4) is 11.5 Å². The Morgan fingerprint density at radius 2 is 1.88 bits per heavy atom. The summed E-state index contributed by atoms with van der Waals surface area (Å²) in [6, 6.07) is 1.81. The summed E-state index contributed by atoms with van der Waals surface area (Å²) in [5.74, 6) is 0.775. The van der Waals surface area contributed by atoms with Gasteiger partial charge in [0.15, 0.2) is 0 Å². The summed E-state index contributed by atoms with van der Waals surface area (Å²) in [7, 11) is 1.54. The SMILES string of the molecule is COc1cc2c(c3oc(=O)c(CC(=O)N(C[C@H](C)O)C[C@@H](C)O)c(C)c13)CCC(C)(C)O2. The molecule has 2 heterocycles. The highest BCUT2D eigenvalue weighted by molar-refractivity contribution is 5.93. The van der Waals surface area contributed by atoms with Gasteiger partial charge in [0, 0.05) is 24.7 Å². The van der Waals surface area contributed by atoms with E-state index in [-0.39, 0.29) is 36.6 Å². The molecule has 1 aliphatic rings. The molecule has 8 heteroatoms. The van der Waals surface area contributed by atoms with E-state index in [1.54, 1.807) is 20.8 Å². The second-order valence-corrected chi connectivity index (χ2v) is 9.29. The van der Waals surface area contributed by atoms with Crippen LogP contribution < -0.4 is 15.1 Å². The maximum Gasteiger partial charge on any atom is 0.340 e. The molecule has 2 N–H and O–H groups in total. The second-order valence-electron chi connectivity index (χ2n) is 9.29. The van der Waals surface area contributed by atoms with E-state index in [4.69, 9.17) is 13.9 Å². The number of carbonyl (C=O) groups excluding carboxylic acids is 1. The smallest absolute Gasteiger partial charge is 0.340 e. The number of carbonyl (C=O) groups is 1. The second kappa shape index (κ2) is 9.11. The fourth-order valence-electron chi connectivity index (χ4n) is 4.23. The van der Waals surface area contributed by atoms with E-state index in [9.17, 15) is 19.8 Å². The largest absolute Gasteiger partial charge is 0.496 e. The van der Waals surface area contributed by atoms with Gasteiger partial charge in [0.25, 0.3) is 0 Å². The molecule has 0 bridgehead atoms. The van der Waals surface area contributed by atoms with Gasteiger partial charge in [-0.15, -0.1) is 0 Å². The van der Waals surface area contributed by atoms with Crippen LogP contribution in [0.1, 0.15) is 50.8 Å². The molecule has 1 amide bonds. The minimum atomic E-state index is -0.761. The monoisotopic (exact) mass is 447 g/mol. The van der Waals surface area contributed by atoms with Crippen LogP contribution >= 0.6 is 0 Å². The average Bonchev–Trinajstić information content (AvgIpc) is 2.67. The molecule has 1 aliphatic heterocycles. The van der Waals surface area contributed by atoms with Crippen molar-refractivity contribution in [3.63, 3.8) is 0 Å². The minimum absolute atomic E-state index is 0.0612.